The minimum absolute atomic E-state index is 0.450. The maximum absolute atomic E-state index is 8.67. The van der Waals surface area contributed by atoms with Crippen LogP contribution in [0.3, 0.4) is 0 Å². The van der Waals surface area contributed by atoms with Crippen LogP contribution in [-0.2, 0) is 0 Å². The number of aromatic nitrogens is 3. The second kappa shape index (κ2) is 4.51. The largest absolute Gasteiger partial charge is 0.303 e. The van der Waals surface area contributed by atoms with Gasteiger partial charge in [-0.25, -0.2) is 0 Å². The van der Waals surface area contributed by atoms with Crippen LogP contribution in [0, 0.1) is 11.3 Å². The number of nitriles is 1. The Hall–Kier alpha value is -0.730. The van der Waals surface area contributed by atoms with E-state index in [2.05, 4.69) is 14.8 Å². The first kappa shape index (κ1) is 11.4. The van der Waals surface area contributed by atoms with E-state index in [-0.39, 0.29) is 0 Å². The molecule has 3 rings (SSSR count). The molecule has 0 amide bonds. The van der Waals surface area contributed by atoms with Crippen LogP contribution in [0.2, 0.25) is 0 Å². The monoisotopic (exact) mass is 268 g/mol. The lowest BCUT2D eigenvalue weighted by molar-refractivity contribution is 0.627. The molecule has 2 aliphatic carbocycles. The molecule has 0 N–H and O–H groups in total. The Labute approximate surface area is 109 Å². The van der Waals surface area contributed by atoms with Crippen molar-refractivity contribution >= 4 is 23.4 Å². The highest BCUT2D eigenvalue weighted by Gasteiger charge is 2.36. The van der Waals surface area contributed by atoms with Gasteiger partial charge in [-0.2, -0.15) is 5.26 Å². The van der Waals surface area contributed by atoms with Crippen molar-refractivity contribution in [3.05, 3.63) is 5.82 Å². The molecule has 2 aliphatic rings. The van der Waals surface area contributed by atoms with Crippen LogP contribution in [0.15, 0.2) is 5.16 Å². The minimum atomic E-state index is -0.450. The van der Waals surface area contributed by atoms with Crippen LogP contribution in [-0.4, -0.2) is 25.9 Å². The summed E-state index contributed by atoms with van der Waals surface area (Å²) >= 11 is 7.35. The molecule has 2 saturated carbocycles. The normalized spacial score (nSPS) is 21.2. The molecule has 6 heteroatoms. The van der Waals surface area contributed by atoms with Gasteiger partial charge in [0.05, 0.1) is 6.07 Å². The quantitative estimate of drug-likeness (QED) is 0.609. The molecule has 90 valence electrons. The van der Waals surface area contributed by atoms with Crippen molar-refractivity contribution in [1.82, 2.24) is 14.8 Å². The SMILES string of the molecule is N#CC(Cl)CSc1nnc(C2CC2)n1C1CC1. The van der Waals surface area contributed by atoms with Crippen LogP contribution in [0.5, 0.6) is 0 Å². The zero-order valence-corrected chi connectivity index (χ0v) is 10.9. The molecular weight excluding hydrogens is 256 g/mol. The topological polar surface area (TPSA) is 54.5 Å². The highest BCUT2D eigenvalue weighted by Crippen LogP contribution is 2.46. The number of alkyl halides is 1. The van der Waals surface area contributed by atoms with Crippen LogP contribution >= 0.6 is 23.4 Å². The summed E-state index contributed by atoms with van der Waals surface area (Å²) in [7, 11) is 0. The van der Waals surface area contributed by atoms with Gasteiger partial charge in [0.2, 0.25) is 0 Å². The highest BCUT2D eigenvalue weighted by atomic mass is 35.5. The lowest BCUT2D eigenvalue weighted by atomic mass is 10.4. The summed E-state index contributed by atoms with van der Waals surface area (Å²) in [4.78, 5) is 0. The van der Waals surface area contributed by atoms with Crippen molar-refractivity contribution < 1.29 is 0 Å². The van der Waals surface area contributed by atoms with E-state index in [1.54, 1.807) is 11.8 Å². The lowest BCUT2D eigenvalue weighted by Crippen LogP contribution is -2.04. The molecule has 1 aromatic heterocycles. The Bertz CT molecular complexity index is 459. The van der Waals surface area contributed by atoms with Gasteiger partial charge in [-0.3, -0.25) is 0 Å². The van der Waals surface area contributed by atoms with Gasteiger partial charge in [-0.1, -0.05) is 11.8 Å². The van der Waals surface area contributed by atoms with Crippen LogP contribution in [0.4, 0.5) is 0 Å². The van der Waals surface area contributed by atoms with E-state index < -0.39 is 5.38 Å². The van der Waals surface area contributed by atoms with Crippen LogP contribution in [0.25, 0.3) is 0 Å². The molecule has 1 atom stereocenters. The van der Waals surface area contributed by atoms with Crippen molar-refractivity contribution in [1.29, 1.82) is 5.26 Å². The van der Waals surface area contributed by atoms with E-state index >= 15 is 0 Å². The Morgan fingerprint density at radius 1 is 1.41 bits per heavy atom. The summed E-state index contributed by atoms with van der Waals surface area (Å²) in [5, 5.41) is 17.7. The molecule has 17 heavy (non-hydrogen) atoms. The predicted octanol–water partition coefficient (Wildman–Crippen LogP) is 2.71. The summed E-state index contributed by atoms with van der Waals surface area (Å²) in [6.45, 7) is 0. The third-order valence-electron chi connectivity index (χ3n) is 3.04. The molecule has 2 fully saturated rings. The molecule has 1 aromatic rings. The summed E-state index contributed by atoms with van der Waals surface area (Å²) < 4.78 is 2.28. The van der Waals surface area contributed by atoms with Gasteiger partial charge in [-0.15, -0.1) is 21.8 Å². The Morgan fingerprint density at radius 2 is 2.18 bits per heavy atom. The van der Waals surface area contributed by atoms with Crippen LogP contribution < -0.4 is 0 Å². The summed E-state index contributed by atoms with van der Waals surface area (Å²) in [5.41, 5.74) is 0. The molecule has 0 spiro atoms. The molecule has 0 radical (unpaired) electrons. The Morgan fingerprint density at radius 3 is 2.76 bits per heavy atom. The van der Waals surface area contributed by atoms with Crippen molar-refractivity contribution in [2.75, 3.05) is 5.75 Å². The van der Waals surface area contributed by atoms with Gasteiger partial charge >= 0.3 is 0 Å². The van der Waals surface area contributed by atoms with E-state index in [0.29, 0.717) is 17.7 Å². The van der Waals surface area contributed by atoms with E-state index in [4.69, 9.17) is 16.9 Å². The fourth-order valence-corrected chi connectivity index (χ4v) is 2.91. The van der Waals surface area contributed by atoms with Gasteiger partial charge in [0, 0.05) is 17.7 Å². The predicted molar refractivity (Wildman–Crippen MR) is 66.2 cm³/mol. The van der Waals surface area contributed by atoms with Crippen molar-refractivity contribution in [2.45, 2.75) is 48.2 Å². The summed E-state index contributed by atoms with van der Waals surface area (Å²) in [5.74, 6) is 2.35. The maximum Gasteiger partial charge on any atom is 0.191 e. The second-order valence-electron chi connectivity index (χ2n) is 4.62. The van der Waals surface area contributed by atoms with Crippen LogP contribution in [0.1, 0.15) is 43.5 Å². The third-order valence-corrected chi connectivity index (χ3v) is 4.52. The van der Waals surface area contributed by atoms with E-state index in [1.807, 2.05) is 6.07 Å². The molecular formula is C11H13ClN4S. The molecule has 1 heterocycles. The number of halogens is 1. The number of hydrogen-bond acceptors (Lipinski definition) is 4. The molecule has 4 nitrogen and oxygen atoms in total. The van der Waals surface area contributed by atoms with Crippen molar-refractivity contribution in [2.24, 2.45) is 0 Å². The van der Waals surface area contributed by atoms with Gasteiger partial charge < -0.3 is 4.57 Å². The Balaban J connectivity index is 1.77. The standard InChI is InChI=1S/C11H13ClN4S/c12-8(5-13)6-17-11-15-14-10(7-1-2-7)16(11)9-3-4-9/h7-9H,1-4,6H2. The van der Waals surface area contributed by atoms with Gasteiger partial charge in [0.15, 0.2) is 5.16 Å². The third kappa shape index (κ3) is 2.43. The fourth-order valence-electron chi connectivity index (χ4n) is 1.87. The molecule has 0 saturated heterocycles. The smallest absolute Gasteiger partial charge is 0.191 e. The maximum atomic E-state index is 8.67. The number of hydrogen-bond donors (Lipinski definition) is 0. The fraction of sp³-hybridized carbons (Fsp3) is 0.727. The van der Waals surface area contributed by atoms with Gasteiger partial charge in [-0.05, 0) is 25.7 Å². The lowest BCUT2D eigenvalue weighted by Gasteiger charge is -2.07. The second-order valence-corrected chi connectivity index (χ2v) is 6.14. The minimum Gasteiger partial charge on any atom is -0.303 e. The molecule has 1 unspecified atom stereocenters. The number of thioether (sulfide) groups is 1. The molecule has 0 bridgehead atoms. The van der Waals surface area contributed by atoms with Gasteiger partial charge in [0.1, 0.15) is 11.2 Å². The zero-order valence-electron chi connectivity index (χ0n) is 9.34. The molecule has 0 aliphatic heterocycles. The summed E-state index contributed by atoms with van der Waals surface area (Å²) in [6, 6.07) is 2.62. The first-order valence-corrected chi connectivity index (χ1v) is 7.33. The average Bonchev–Trinajstić information content (AvgIpc) is 3.24. The first-order valence-electron chi connectivity index (χ1n) is 5.91. The van der Waals surface area contributed by atoms with Gasteiger partial charge in [0.25, 0.3) is 0 Å². The highest BCUT2D eigenvalue weighted by molar-refractivity contribution is 7.99. The first-order chi connectivity index (χ1) is 8.29. The van der Waals surface area contributed by atoms with Crippen molar-refractivity contribution in [3.8, 4) is 6.07 Å². The number of rotatable bonds is 5. The number of nitrogens with zero attached hydrogens (tertiary/aromatic N) is 4. The zero-order chi connectivity index (χ0) is 11.8. The van der Waals surface area contributed by atoms with Crippen molar-refractivity contribution in [3.63, 3.8) is 0 Å². The average molecular weight is 269 g/mol. The summed E-state index contributed by atoms with van der Waals surface area (Å²) in [6.07, 6.45) is 4.94. The van der Waals surface area contributed by atoms with E-state index in [0.717, 1.165) is 11.0 Å². The van der Waals surface area contributed by atoms with E-state index in [1.165, 1.54) is 25.7 Å². The van der Waals surface area contributed by atoms with E-state index in [9.17, 15) is 0 Å². The Kier molecular flexibility index (Phi) is 3.01. The molecule has 0 aromatic carbocycles.